The number of aromatic nitrogens is 5. The van der Waals surface area contributed by atoms with Gasteiger partial charge in [0.2, 0.25) is 0 Å². The van der Waals surface area contributed by atoms with Crippen molar-refractivity contribution in [2.24, 2.45) is 0 Å². The fourth-order valence-corrected chi connectivity index (χ4v) is 7.62. The fraction of sp³-hybridized carbons (Fsp3) is 0.267. The molecule has 0 aliphatic heterocycles. The van der Waals surface area contributed by atoms with Crippen LogP contribution in [0.5, 0.6) is 0 Å². The van der Waals surface area contributed by atoms with Gasteiger partial charge in [-0.15, -0.1) is 11.0 Å². The monoisotopic (exact) mass is 737 g/mol. The summed E-state index contributed by atoms with van der Waals surface area (Å²) in [5.74, 6) is 1.08. The molecule has 52 heavy (non-hydrogen) atoms. The van der Waals surface area contributed by atoms with E-state index in [-0.39, 0.29) is 5.82 Å². The summed E-state index contributed by atoms with van der Waals surface area (Å²) in [5.41, 5.74) is 12.4. The molecule has 0 bridgehead atoms. The summed E-state index contributed by atoms with van der Waals surface area (Å²) in [5, 5.41) is 1.91. The van der Waals surface area contributed by atoms with Crippen molar-refractivity contribution >= 4 is 44.1 Å². The topological polar surface area (TPSA) is 49.7 Å². The summed E-state index contributed by atoms with van der Waals surface area (Å²) in [6.45, 7) is 18.0. The second-order valence-electron chi connectivity index (χ2n) is 14.7. The Morgan fingerprint density at radius 3 is 1.40 bits per heavy atom. The maximum absolute atomic E-state index is 13.0. The van der Waals surface area contributed by atoms with Crippen LogP contribution < -0.4 is 4.98 Å². The molecule has 5 nitrogen and oxygen atoms in total. The van der Waals surface area contributed by atoms with Gasteiger partial charge in [-0.2, -0.15) is 0 Å². The van der Waals surface area contributed by atoms with Crippen LogP contribution >= 0.6 is 0 Å². The van der Waals surface area contributed by atoms with Gasteiger partial charge in [-0.05, 0) is 22.9 Å². The zero-order valence-electron chi connectivity index (χ0n) is 31.0. The molecule has 0 radical (unpaired) electrons. The van der Waals surface area contributed by atoms with Crippen molar-refractivity contribution in [2.45, 2.75) is 79.1 Å². The number of fused-ring (bicyclic) bond motifs is 5. The number of halogens is 1. The van der Waals surface area contributed by atoms with Gasteiger partial charge in [-0.25, -0.2) is 4.39 Å². The molecule has 0 fully saturated rings. The Labute approximate surface area is 312 Å². The maximum atomic E-state index is 13.0. The summed E-state index contributed by atoms with van der Waals surface area (Å²) < 4.78 is 18.1. The van der Waals surface area contributed by atoms with E-state index < -0.39 is 0 Å². The zero-order valence-corrected chi connectivity index (χ0v) is 32.0. The largest absolute Gasteiger partial charge is 0.657 e. The van der Waals surface area contributed by atoms with E-state index in [9.17, 15) is 4.39 Å². The third-order valence-electron chi connectivity index (χ3n) is 9.82. The van der Waals surface area contributed by atoms with Gasteiger partial charge in [0.25, 0.3) is 0 Å². The second-order valence-corrected chi connectivity index (χ2v) is 15.2. The van der Waals surface area contributed by atoms with Gasteiger partial charge in [0.15, 0.2) is 0 Å². The van der Waals surface area contributed by atoms with Crippen LogP contribution in [0.1, 0.15) is 101 Å². The predicted octanol–water partition coefficient (Wildman–Crippen LogP) is 12.0. The Hall–Kier alpha value is -4.84. The van der Waals surface area contributed by atoms with E-state index in [1.54, 1.807) is 6.07 Å². The summed E-state index contributed by atoms with van der Waals surface area (Å²) in [4.78, 5) is 14.8. The van der Waals surface area contributed by atoms with Crippen LogP contribution in [0.2, 0.25) is 0 Å². The number of benzene rings is 5. The van der Waals surface area contributed by atoms with Crippen molar-refractivity contribution in [3.63, 3.8) is 0 Å². The van der Waals surface area contributed by atoms with E-state index in [2.05, 4.69) is 106 Å². The summed E-state index contributed by atoms with van der Waals surface area (Å²) in [6, 6.07) is 33.8. The van der Waals surface area contributed by atoms with Crippen LogP contribution in [-0.4, -0.2) is 19.1 Å². The first-order valence-corrected chi connectivity index (χ1v) is 18.6. The molecule has 0 amide bonds. The quantitative estimate of drug-likeness (QED) is 0.160. The number of imidazole rings is 1. The molecule has 0 unspecified atom stereocenters. The third kappa shape index (κ3) is 6.31. The Balaban J connectivity index is 0.000000248. The van der Waals surface area contributed by atoms with Gasteiger partial charge in [0, 0.05) is 0 Å². The van der Waals surface area contributed by atoms with Crippen molar-refractivity contribution in [3.8, 4) is 11.4 Å². The fourth-order valence-electron chi connectivity index (χ4n) is 7.21. The van der Waals surface area contributed by atoms with Crippen LogP contribution in [0.15, 0.2) is 103 Å². The van der Waals surface area contributed by atoms with Gasteiger partial charge in [-0.3, -0.25) is 0 Å². The summed E-state index contributed by atoms with van der Waals surface area (Å²) in [6.07, 6.45) is 0. The third-order valence-corrected chi connectivity index (χ3v) is 10.2. The summed E-state index contributed by atoms with van der Waals surface area (Å²) in [7, 11) is 0. The Bertz CT molecular complexity index is 2460. The molecule has 3 aromatic heterocycles. The van der Waals surface area contributed by atoms with Gasteiger partial charge in [-0.1, -0.05) is 30.3 Å². The van der Waals surface area contributed by atoms with E-state index in [1.807, 2.05) is 48.5 Å². The molecule has 5 aromatic carbocycles. The maximum Gasteiger partial charge on any atom is 0.123 e. The van der Waals surface area contributed by atoms with Crippen LogP contribution in [0.25, 0.3) is 55.5 Å². The molecule has 269 valence electrons. The molecule has 0 saturated heterocycles. The first-order valence-electron chi connectivity index (χ1n) is 18.2. The van der Waals surface area contributed by atoms with Crippen molar-refractivity contribution in [3.05, 3.63) is 136 Å². The number of nitrogens with zero attached hydrogens (tertiary/aromatic N) is 5. The molecular formula is C45H45CuFN5-. The Morgan fingerprint density at radius 1 is 0.519 bits per heavy atom. The minimum absolute atomic E-state index is 0.212. The number of para-hydroxylation sites is 5. The standard InChI is InChI=1S/C33H38N4.C12H7FN.Cu/c1-20(2)24-13-11-14-25(21(3)4)30(24)36-19-37(31-26(22(5)6)15-12-16-27(31)23(7)8)33-32(36)34-28-17-9-10-18-29(28)35-33;13-8-5-6-12-10(7-8)9-3-1-2-4-11(9)14-12;/h9-18,20-23H,1-8H3;1-7H;/q;-1;. The van der Waals surface area contributed by atoms with Crippen LogP contribution in [-0.2, 0) is 15.6 Å². The molecule has 0 N–H and O–H groups in total. The van der Waals surface area contributed by atoms with E-state index in [4.69, 9.17) is 25.5 Å². The molecule has 0 atom stereocenters. The number of rotatable bonds is 6. The van der Waals surface area contributed by atoms with Crippen molar-refractivity contribution in [1.82, 2.24) is 24.1 Å². The first kappa shape index (κ1) is 35.6. The van der Waals surface area contributed by atoms with E-state index in [0.717, 1.165) is 55.5 Å². The average molecular weight is 738 g/mol. The van der Waals surface area contributed by atoms with E-state index in [0.29, 0.717) is 28.0 Å². The molecule has 8 rings (SSSR count). The molecule has 0 spiro atoms. The molecule has 0 aliphatic carbocycles. The van der Waals surface area contributed by atoms with Gasteiger partial charge < -0.3 is 4.98 Å². The number of hydrogen-bond donors (Lipinski definition) is 0. The normalized spacial score (nSPS) is 12.0. The predicted molar refractivity (Wildman–Crippen MR) is 210 cm³/mol. The van der Waals surface area contributed by atoms with Crippen molar-refractivity contribution < 1.29 is 20.0 Å². The molecule has 0 aliphatic rings. The Morgan fingerprint density at radius 2 is 0.942 bits per heavy atom. The van der Waals surface area contributed by atoms with Crippen LogP contribution in [0.3, 0.4) is 0 Å². The minimum Gasteiger partial charge on any atom is -0.657 e. The smallest absolute Gasteiger partial charge is 0.123 e. The van der Waals surface area contributed by atoms with Crippen molar-refractivity contribution in [1.29, 1.82) is 0 Å². The first-order chi connectivity index (χ1) is 25.0. The summed E-state index contributed by atoms with van der Waals surface area (Å²) >= 11 is 6.64. The van der Waals surface area contributed by atoms with Gasteiger partial charge in [0.1, 0.15) is 5.82 Å². The number of hydrogen-bond acceptors (Lipinski definition) is 2. The zero-order chi connectivity index (χ0) is 36.8. The van der Waals surface area contributed by atoms with Crippen molar-refractivity contribution in [2.75, 3.05) is 0 Å². The molecule has 3 heterocycles. The SMILES string of the molecule is CC(C)c1cccc(C(C)C)c1-n1[c](=[Cu])n(-c2c(C(C)C)cccc2C(C)C)c2nc3ccccc3nc21.Fc1ccc2[n-]c3ccccc3c2c1. The van der Waals surface area contributed by atoms with Gasteiger partial charge in [0.05, 0.1) is 0 Å². The van der Waals surface area contributed by atoms with E-state index in [1.165, 1.54) is 34.4 Å². The van der Waals surface area contributed by atoms with Gasteiger partial charge >= 0.3 is 235 Å². The minimum atomic E-state index is -0.212. The molecule has 7 heteroatoms. The molecule has 8 aromatic rings. The average Bonchev–Trinajstić information content (AvgIpc) is 3.63. The Kier molecular flexibility index (Phi) is 9.77. The molecular weight excluding hydrogens is 693 g/mol. The van der Waals surface area contributed by atoms with E-state index >= 15 is 0 Å². The van der Waals surface area contributed by atoms with Crippen LogP contribution in [0, 0.1) is 10.1 Å². The molecule has 0 saturated carbocycles. The van der Waals surface area contributed by atoms with Crippen LogP contribution in [0.4, 0.5) is 4.39 Å². The second kappa shape index (κ2) is 14.3.